The van der Waals surface area contributed by atoms with Crippen LogP contribution in [0.15, 0.2) is 24.3 Å². The first kappa shape index (κ1) is 14.1. The lowest BCUT2D eigenvalue weighted by molar-refractivity contribution is -0.131. The van der Waals surface area contributed by atoms with Crippen LogP contribution in [-0.4, -0.2) is 35.0 Å². The molecule has 0 heterocycles. The van der Waals surface area contributed by atoms with Gasteiger partial charge in [0, 0.05) is 6.54 Å². The van der Waals surface area contributed by atoms with Crippen molar-refractivity contribution < 1.29 is 9.90 Å². The lowest BCUT2D eigenvalue weighted by atomic mass is 10.1. The lowest BCUT2D eigenvalue weighted by Gasteiger charge is -2.22. The highest BCUT2D eigenvalue weighted by Gasteiger charge is 2.19. The number of likely N-dealkylation sites (N-methyl/N-ethyl adjacent to an activating group) is 1. The van der Waals surface area contributed by atoms with Crippen molar-refractivity contribution in [3.8, 4) is 18.1 Å². The number of benzene rings is 1. The third-order valence-electron chi connectivity index (χ3n) is 2.68. The summed E-state index contributed by atoms with van der Waals surface area (Å²) in [6, 6.07) is 6.04. The minimum atomic E-state index is -0.608. The van der Waals surface area contributed by atoms with Crippen LogP contribution in [0, 0.1) is 12.3 Å². The summed E-state index contributed by atoms with van der Waals surface area (Å²) in [4.78, 5) is 13.5. The van der Waals surface area contributed by atoms with Gasteiger partial charge in [-0.1, -0.05) is 18.1 Å². The summed E-state index contributed by atoms with van der Waals surface area (Å²) in [5.41, 5.74) is 6.78. The van der Waals surface area contributed by atoms with Crippen molar-refractivity contribution >= 4 is 5.91 Å². The second-order valence-electron chi connectivity index (χ2n) is 4.03. The zero-order chi connectivity index (χ0) is 13.5. The van der Waals surface area contributed by atoms with Gasteiger partial charge in [-0.15, -0.1) is 6.42 Å². The SMILES string of the molecule is C#CCN(CC)C(=O)[C@H](N)Cc1ccc(O)cc1. The van der Waals surface area contributed by atoms with E-state index in [1.165, 1.54) is 0 Å². The second kappa shape index (κ2) is 6.67. The van der Waals surface area contributed by atoms with E-state index in [4.69, 9.17) is 17.3 Å². The molecule has 0 unspecified atom stereocenters. The number of carbonyl (C=O) groups is 1. The number of terminal acetylenes is 1. The van der Waals surface area contributed by atoms with E-state index in [-0.39, 0.29) is 18.2 Å². The Bertz CT molecular complexity index is 434. The first-order chi connectivity index (χ1) is 8.58. The van der Waals surface area contributed by atoms with E-state index in [1.807, 2.05) is 6.92 Å². The minimum absolute atomic E-state index is 0.150. The molecule has 0 aromatic heterocycles. The van der Waals surface area contributed by atoms with E-state index in [0.717, 1.165) is 5.56 Å². The van der Waals surface area contributed by atoms with Crippen LogP contribution in [0.3, 0.4) is 0 Å². The summed E-state index contributed by atoms with van der Waals surface area (Å²) in [5.74, 6) is 2.49. The fourth-order valence-corrected chi connectivity index (χ4v) is 1.66. The molecule has 0 saturated carbocycles. The Labute approximate surface area is 107 Å². The number of carbonyl (C=O) groups excluding carboxylic acids is 1. The van der Waals surface area contributed by atoms with E-state index in [9.17, 15) is 4.79 Å². The highest BCUT2D eigenvalue weighted by molar-refractivity contribution is 5.82. The fraction of sp³-hybridized carbons (Fsp3) is 0.357. The molecule has 0 radical (unpaired) electrons. The van der Waals surface area contributed by atoms with Crippen molar-refractivity contribution in [2.45, 2.75) is 19.4 Å². The Hall–Kier alpha value is -1.99. The summed E-state index contributed by atoms with van der Waals surface area (Å²) in [6.45, 7) is 2.69. The molecule has 1 rings (SSSR count). The minimum Gasteiger partial charge on any atom is -0.508 e. The topological polar surface area (TPSA) is 66.6 Å². The third-order valence-corrected chi connectivity index (χ3v) is 2.68. The normalized spacial score (nSPS) is 11.6. The van der Waals surface area contributed by atoms with Crippen LogP contribution in [0.5, 0.6) is 5.75 Å². The van der Waals surface area contributed by atoms with Crippen molar-refractivity contribution in [2.75, 3.05) is 13.1 Å². The second-order valence-corrected chi connectivity index (χ2v) is 4.03. The van der Waals surface area contributed by atoms with Crippen LogP contribution in [0.1, 0.15) is 12.5 Å². The highest BCUT2D eigenvalue weighted by Crippen LogP contribution is 2.11. The summed E-state index contributed by atoms with van der Waals surface area (Å²) in [7, 11) is 0. The molecule has 3 N–H and O–H groups in total. The third kappa shape index (κ3) is 3.79. The Kier molecular flexibility index (Phi) is 5.22. The van der Waals surface area contributed by atoms with E-state index in [2.05, 4.69) is 5.92 Å². The molecule has 1 aromatic carbocycles. The van der Waals surface area contributed by atoms with Crippen LogP contribution in [-0.2, 0) is 11.2 Å². The maximum atomic E-state index is 12.0. The van der Waals surface area contributed by atoms with Gasteiger partial charge in [-0.25, -0.2) is 0 Å². The number of hydrogen-bond donors (Lipinski definition) is 2. The van der Waals surface area contributed by atoms with Gasteiger partial charge in [0.25, 0.3) is 0 Å². The van der Waals surface area contributed by atoms with E-state index >= 15 is 0 Å². The quantitative estimate of drug-likeness (QED) is 0.753. The van der Waals surface area contributed by atoms with E-state index in [0.29, 0.717) is 13.0 Å². The number of nitrogens with zero attached hydrogens (tertiary/aromatic N) is 1. The van der Waals surface area contributed by atoms with Crippen molar-refractivity contribution in [1.29, 1.82) is 0 Å². The van der Waals surface area contributed by atoms with Gasteiger partial charge >= 0.3 is 0 Å². The standard InChI is InChI=1S/C14H18N2O2/c1-3-9-16(4-2)14(18)13(15)10-11-5-7-12(17)8-6-11/h1,5-8,13,17H,4,9-10,15H2,2H3/t13-/m1/s1. The molecule has 4 heteroatoms. The Balaban J connectivity index is 2.64. The van der Waals surface area contributed by atoms with Gasteiger partial charge in [-0.05, 0) is 31.0 Å². The van der Waals surface area contributed by atoms with Crippen LogP contribution < -0.4 is 5.73 Å². The van der Waals surface area contributed by atoms with Crippen LogP contribution in [0.2, 0.25) is 0 Å². The predicted octanol–water partition coefficient (Wildman–Crippen LogP) is 0.744. The molecule has 0 aliphatic rings. The summed E-state index contributed by atoms with van der Waals surface area (Å²) >= 11 is 0. The summed E-state index contributed by atoms with van der Waals surface area (Å²) in [5, 5.41) is 9.17. The van der Waals surface area contributed by atoms with Crippen LogP contribution in [0.25, 0.3) is 0 Å². The fourth-order valence-electron chi connectivity index (χ4n) is 1.66. The number of rotatable bonds is 5. The largest absolute Gasteiger partial charge is 0.508 e. The Morgan fingerprint density at radius 2 is 2.11 bits per heavy atom. The number of phenolic OH excluding ortho intramolecular Hbond substituents is 1. The number of amides is 1. The zero-order valence-electron chi connectivity index (χ0n) is 10.5. The molecular formula is C14H18N2O2. The molecule has 1 atom stereocenters. The maximum Gasteiger partial charge on any atom is 0.240 e. The van der Waals surface area contributed by atoms with Crippen LogP contribution in [0.4, 0.5) is 0 Å². The molecule has 1 amide bonds. The molecule has 0 fully saturated rings. The van der Waals surface area contributed by atoms with E-state index in [1.54, 1.807) is 29.2 Å². The number of nitrogens with two attached hydrogens (primary N) is 1. The van der Waals surface area contributed by atoms with Gasteiger partial charge in [-0.2, -0.15) is 0 Å². The Morgan fingerprint density at radius 3 is 2.61 bits per heavy atom. The molecule has 0 saturated heterocycles. The summed E-state index contributed by atoms with van der Waals surface area (Å²) < 4.78 is 0. The molecule has 1 aromatic rings. The monoisotopic (exact) mass is 246 g/mol. The van der Waals surface area contributed by atoms with Gasteiger partial charge < -0.3 is 15.7 Å². The first-order valence-electron chi connectivity index (χ1n) is 5.84. The lowest BCUT2D eigenvalue weighted by Crippen LogP contribution is -2.45. The molecule has 18 heavy (non-hydrogen) atoms. The first-order valence-corrected chi connectivity index (χ1v) is 5.84. The Morgan fingerprint density at radius 1 is 1.50 bits per heavy atom. The van der Waals surface area contributed by atoms with Gasteiger partial charge in [0.15, 0.2) is 0 Å². The molecule has 0 spiro atoms. The van der Waals surface area contributed by atoms with Crippen molar-refractivity contribution in [3.63, 3.8) is 0 Å². The molecule has 0 bridgehead atoms. The van der Waals surface area contributed by atoms with Gasteiger partial charge in [-0.3, -0.25) is 4.79 Å². The van der Waals surface area contributed by atoms with Gasteiger partial charge in [0.1, 0.15) is 5.75 Å². The van der Waals surface area contributed by atoms with Gasteiger partial charge in [0.05, 0.1) is 12.6 Å². The number of aromatic hydroxyl groups is 1. The van der Waals surface area contributed by atoms with Crippen molar-refractivity contribution in [2.24, 2.45) is 5.73 Å². The molecule has 0 aliphatic carbocycles. The zero-order valence-corrected chi connectivity index (χ0v) is 10.5. The highest BCUT2D eigenvalue weighted by atomic mass is 16.3. The van der Waals surface area contributed by atoms with Crippen LogP contribution >= 0.6 is 0 Å². The van der Waals surface area contributed by atoms with Crippen molar-refractivity contribution in [3.05, 3.63) is 29.8 Å². The smallest absolute Gasteiger partial charge is 0.240 e. The van der Waals surface area contributed by atoms with Crippen molar-refractivity contribution in [1.82, 2.24) is 4.90 Å². The molecule has 96 valence electrons. The number of hydrogen-bond acceptors (Lipinski definition) is 3. The molecule has 4 nitrogen and oxygen atoms in total. The molecular weight excluding hydrogens is 228 g/mol. The predicted molar refractivity (Wildman–Crippen MR) is 70.9 cm³/mol. The maximum absolute atomic E-state index is 12.0. The summed E-state index contributed by atoms with van der Waals surface area (Å²) in [6.07, 6.45) is 5.63. The van der Waals surface area contributed by atoms with E-state index < -0.39 is 6.04 Å². The molecule has 0 aliphatic heterocycles. The number of phenols is 1. The average molecular weight is 246 g/mol. The van der Waals surface area contributed by atoms with Gasteiger partial charge in [0.2, 0.25) is 5.91 Å². The average Bonchev–Trinajstić information content (AvgIpc) is 2.37.